The summed E-state index contributed by atoms with van der Waals surface area (Å²) in [6.45, 7) is -0.0477. The Kier molecular flexibility index (Phi) is 5.63. The van der Waals surface area contributed by atoms with Crippen LogP contribution in [0.1, 0.15) is 11.1 Å². The second-order valence-electron chi connectivity index (χ2n) is 4.27. The minimum atomic E-state index is -0.438. The molecule has 2 rings (SSSR count). The van der Waals surface area contributed by atoms with Crippen LogP contribution >= 0.6 is 27.5 Å². The lowest BCUT2D eigenvalue weighted by molar-refractivity contribution is 0.278. The van der Waals surface area contributed by atoms with Crippen molar-refractivity contribution in [1.82, 2.24) is 0 Å². The number of halogens is 3. The summed E-state index contributed by atoms with van der Waals surface area (Å²) in [6, 6.07) is 7.75. The summed E-state index contributed by atoms with van der Waals surface area (Å²) in [7, 11) is 1.48. The van der Waals surface area contributed by atoms with Crippen molar-refractivity contribution in [3.8, 4) is 11.5 Å². The molecule has 0 aliphatic rings. The molecule has 0 bridgehead atoms. The van der Waals surface area contributed by atoms with Gasteiger partial charge in [-0.15, -0.1) is 0 Å². The largest absolute Gasteiger partial charge is 0.493 e. The van der Waals surface area contributed by atoms with E-state index in [0.29, 0.717) is 26.6 Å². The molecule has 0 heterocycles. The van der Waals surface area contributed by atoms with E-state index in [1.165, 1.54) is 25.5 Å². The van der Waals surface area contributed by atoms with E-state index in [1.54, 1.807) is 18.2 Å². The first kappa shape index (κ1) is 16.6. The summed E-state index contributed by atoms with van der Waals surface area (Å²) in [5.41, 5.74) is 0.876. The molecule has 2 aromatic carbocycles. The lowest BCUT2D eigenvalue weighted by atomic mass is 10.2. The molecule has 0 unspecified atom stereocenters. The van der Waals surface area contributed by atoms with Gasteiger partial charge in [0, 0.05) is 11.1 Å². The van der Waals surface area contributed by atoms with Crippen LogP contribution in [-0.4, -0.2) is 18.5 Å². The van der Waals surface area contributed by atoms with Crippen LogP contribution in [-0.2, 0) is 6.61 Å². The summed E-state index contributed by atoms with van der Waals surface area (Å²) < 4.78 is 25.2. The van der Waals surface area contributed by atoms with Crippen LogP contribution in [0.5, 0.6) is 11.5 Å². The van der Waals surface area contributed by atoms with E-state index < -0.39 is 5.82 Å². The highest BCUT2D eigenvalue weighted by Crippen LogP contribution is 2.37. The van der Waals surface area contributed by atoms with Gasteiger partial charge in [-0.25, -0.2) is 4.39 Å². The SMILES string of the molecule is COc1cc(C=NO)cc(Br)c1OCc1c(F)cccc1Cl. The number of ether oxygens (including phenoxy) is 2. The first-order valence-corrected chi connectivity index (χ1v) is 7.34. The van der Waals surface area contributed by atoms with Gasteiger partial charge in [0.1, 0.15) is 12.4 Å². The second-order valence-corrected chi connectivity index (χ2v) is 5.53. The van der Waals surface area contributed by atoms with E-state index in [4.69, 9.17) is 26.3 Å². The Morgan fingerprint density at radius 1 is 1.41 bits per heavy atom. The third-order valence-electron chi connectivity index (χ3n) is 2.88. The Bertz CT molecular complexity index is 689. The van der Waals surface area contributed by atoms with Gasteiger partial charge in [0.15, 0.2) is 11.5 Å². The lowest BCUT2D eigenvalue weighted by Crippen LogP contribution is -2.02. The number of oxime groups is 1. The number of rotatable bonds is 5. The third-order valence-corrected chi connectivity index (χ3v) is 3.82. The Morgan fingerprint density at radius 3 is 2.82 bits per heavy atom. The van der Waals surface area contributed by atoms with E-state index in [1.807, 2.05) is 0 Å². The number of benzene rings is 2. The summed E-state index contributed by atoms with van der Waals surface area (Å²) >= 11 is 9.31. The zero-order valence-electron chi connectivity index (χ0n) is 11.5. The lowest BCUT2D eigenvalue weighted by Gasteiger charge is -2.14. The first-order valence-electron chi connectivity index (χ1n) is 6.17. The standard InChI is InChI=1S/C15H12BrClFNO3/c1-21-14-6-9(7-19-20)5-11(16)15(14)22-8-10-12(17)3-2-4-13(10)18/h2-7,20H,8H2,1H3. The molecule has 22 heavy (non-hydrogen) atoms. The predicted octanol–water partition coefficient (Wildman–Crippen LogP) is 4.64. The van der Waals surface area contributed by atoms with Gasteiger partial charge in [-0.3, -0.25) is 0 Å². The fraction of sp³-hybridized carbons (Fsp3) is 0.133. The van der Waals surface area contributed by atoms with E-state index in [-0.39, 0.29) is 12.2 Å². The van der Waals surface area contributed by atoms with E-state index in [2.05, 4.69) is 21.1 Å². The molecule has 0 amide bonds. The average molecular weight is 389 g/mol. The minimum absolute atomic E-state index is 0.0477. The van der Waals surface area contributed by atoms with Gasteiger partial charge in [0.2, 0.25) is 0 Å². The Morgan fingerprint density at radius 2 is 2.18 bits per heavy atom. The van der Waals surface area contributed by atoms with Crippen molar-refractivity contribution < 1.29 is 19.1 Å². The molecular formula is C15H12BrClFNO3. The zero-order valence-corrected chi connectivity index (χ0v) is 13.9. The van der Waals surface area contributed by atoms with Gasteiger partial charge in [0.05, 0.1) is 22.8 Å². The van der Waals surface area contributed by atoms with Crippen LogP contribution in [0.25, 0.3) is 0 Å². The number of nitrogens with zero attached hydrogens (tertiary/aromatic N) is 1. The van der Waals surface area contributed by atoms with Crippen molar-refractivity contribution in [3.63, 3.8) is 0 Å². The van der Waals surface area contributed by atoms with E-state index >= 15 is 0 Å². The second kappa shape index (κ2) is 7.47. The van der Waals surface area contributed by atoms with Crippen molar-refractivity contribution in [2.75, 3.05) is 7.11 Å². The van der Waals surface area contributed by atoms with Crippen LogP contribution in [0.2, 0.25) is 5.02 Å². The first-order chi connectivity index (χ1) is 10.6. The average Bonchev–Trinajstić information content (AvgIpc) is 2.48. The number of hydrogen-bond donors (Lipinski definition) is 1. The molecule has 0 aliphatic heterocycles. The minimum Gasteiger partial charge on any atom is -0.493 e. The predicted molar refractivity (Wildman–Crippen MR) is 85.8 cm³/mol. The van der Waals surface area contributed by atoms with Crippen molar-refractivity contribution >= 4 is 33.7 Å². The molecule has 4 nitrogen and oxygen atoms in total. The quantitative estimate of drug-likeness (QED) is 0.461. The van der Waals surface area contributed by atoms with Crippen LogP contribution in [0.4, 0.5) is 4.39 Å². The Labute approximate surface area is 140 Å². The van der Waals surface area contributed by atoms with Crippen LogP contribution in [0.15, 0.2) is 40.0 Å². The van der Waals surface area contributed by atoms with Crippen molar-refractivity contribution in [3.05, 3.63) is 56.8 Å². The Balaban J connectivity index is 2.30. The maximum absolute atomic E-state index is 13.7. The number of methoxy groups -OCH3 is 1. The summed E-state index contributed by atoms with van der Waals surface area (Å²) in [6.07, 6.45) is 1.25. The molecule has 0 saturated carbocycles. The normalized spacial score (nSPS) is 10.9. The molecule has 2 aromatic rings. The monoisotopic (exact) mass is 387 g/mol. The van der Waals surface area contributed by atoms with Crippen LogP contribution in [0, 0.1) is 5.82 Å². The molecule has 0 atom stereocenters. The van der Waals surface area contributed by atoms with E-state index in [0.717, 1.165) is 0 Å². The molecule has 0 aliphatic carbocycles. The summed E-state index contributed by atoms with van der Waals surface area (Å²) in [5, 5.41) is 11.8. The third kappa shape index (κ3) is 3.69. The highest BCUT2D eigenvalue weighted by atomic mass is 79.9. The summed E-state index contributed by atoms with van der Waals surface area (Å²) in [4.78, 5) is 0. The van der Waals surface area contributed by atoms with Crippen LogP contribution in [0.3, 0.4) is 0 Å². The van der Waals surface area contributed by atoms with Crippen molar-refractivity contribution in [2.45, 2.75) is 6.61 Å². The fourth-order valence-corrected chi connectivity index (χ4v) is 2.63. The number of hydrogen-bond acceptors (Lipinski definition) is 4. The highest BCUT2D eigenvalue weighted by Gasteiger charge is 2.14. The van der Waals surface area contributed by atoms with Gasteiger partial charge in [-0.05, 0) is 40.2 Å². The molecule has 1 N–H and O–H groups in total. The topological polar surface area (TPSA) is 51.0 Å². The van der Waals surface area contributed by atoms with Crippen molar-refractivity contribution in [1.29, 1.82) is 0 Å². The zero-order chi connectivity index (χ0) is 16.1. The van der Waals surface area contributed by atoms with Crippen molar-refractivity contribution in [2.24, 2.45) is 5.16 Å². The van der Waals surface area contributed by atoms with E-state index in [9.17, 15) is 4.39 Å². The molecule has 0 spiro atoms. The molecule has 7 heteroatoms. The Hall–Kier alpha value is -1.79. The fourth-order valence-electron chi connectivity index (χ4n) is 1.84. The maximum Gasteiger partial charge on any atom is 0.175 e. The molecule has 0 fully saturated rings. The molecule has 0 saturated heterocycles. The van der Waals surface area contributed by atoms with Gasteiger partial charge in [-0.1, -0.05) is 22.8 Å². The molecule has 0 radical (unpaired) electrons. The van der Waals surface area contributed by atoms with Crippen LogP contribution < -0.4 is 9.47 Å². The molecule has 116 valence electrons. The van der Waals surface area contributed by atoms with Gasteiger partial charge >= 0.3 is 0 Å². The summed E-state index contributed by atoms with van der Waals surface area (Å²) in [5.74, 6) is 0.375. The highest BCUT2D eigenvalue weighted by molar-refractivity contribution is 9.10. The van der Waals surface area contributed by atoms with Gasteiger partial charge in [0.25, 0.3) is 0 Å². The molecular weight excluding hydrogens is 377 g/mol. The molecule has 0 aromatic heterocycles. The smallest absolute Gasteiger partial charge is 0.175 e. The maximum atomic E-state index is 13.7. The van der Waals surface area contributed by atoms with Gasteiger partial charge in [-0.2, -0.15) is 0 Å². The van der Waals surface area contributed by atoms with Gasteiger partial charge < -0.3 is 14.7 Å².